The molecule has 7 nitrogen and oxygen atoms in total. The quantitative estimate of drug-likeness (QED) is 0.265. The minimum Gasteiger partial charge on any atom is -0.392 e. The third-order valence-electron chi connectivity index (χ3n) is 7.24. The molecule has 1 atom stereocenters. The molecule has 11 heteroatoms. The van der Waals surface area contributed by atoms with Crippen LogP contribution in [0.25, 0.3) is 27.8 Å². The maximum atomic E-state index is 15.9. The van der Waals surface area contributed by atoms with Crippen LogP contribution in [-0.2, 0) is 25.7 Å². The second-order valence-electron chi connectivity index (χ2n) is 9.71. The molecular formula is C28H24F4N6O. The van der Waals surface area contributed by atoms with Gasteiger partial charge in [0.15, 0.2) is 0 Å². The molecule has 0 fully saturated rings. The van der Waals surface area contributed by atoms with E-state index in [9.17, 15) is 18.3 Å². The standard InChI is InChI=1S/C28H24F4N6O/c1-14-4-3-5-15(2)25(14)38-26(23-18-6-7-33-24(18)16(13-39)8-20(23)29)19-12-34-22(9-21(19)37-38)27-35-10-17(11-36-27)28(30,31)32/h3-8,10-11,22,33-34,39H,9,12-13H2,1-2H3. The van der Waals surface area contributed by atoms with Crippen molar-refractivity contribution < 1.29 is 22.7 Å². The van der Waals surface area contributed by atoms with Gasteiger partial charge in [-0.3, -0.25) is 0 Å². The molecule has 0 aliphatic carbocycles. The average Bonchev–Trinajstić information content (AvgIpc) is 3.53. The lowest BCUT2D eigenvalue weighted by atomic mass is 9.94. The van der Waals surface area contributed by atoms with Crippen molar-refractivity contribution in [3.63, 3.8) is 0 Å². The van der Waals surface area contributed by atoms with Crippen LogP contribution >= 0.6 is 0 Å². The number of aliphatic hydroxyl groups is 1. The summed E-state index contributed by atoms with van der Waals surface area (Å²) in [6, 6.07) is 8.50. The molecule has 3 N–H and O–H groups in total. The molecule has 1 aliphatic heterocycles. The van der Waals surface area contributed by atoms with Crippen LogP contribution in [0.3, 0.4) is 0 Å². The van der Waals surface area contributed by atoms with E-state index < -0.39 is 23.6 Å². The summed E-state index contributed by atoms with van der Waals surface area (Å²) in [5, 5.41) is 18.7. The topological polar surface area (TPSA) is 91.6 Å². The summed E-state index contributed by atoms with van der Waals surface area (Å²) in [6.07, 6.45) is -0.959. The van der Waals surface area contributed by atoms with Gasteiger partial charge < -0.3 is 15.4 Å². The van der Waals surface area contributed by atoms with Crippen LogP contribution in [0.1, 0.15) is 45.4 Å². The second kappa shape index (κ2) is 9.28. The summed E-state index contributed by atoms with van der Waals surface area (Å²) >= 11 is 0. The van der Waals surface area contributed by atoms with Crippen molar-refractivity contribution in [2.24, 2.45) is 0 Å². The molecule has 0 amide bonds. The van der Waals surface area contributed by atoms with Crippen molar-refractivity contribution in [2.45, 2.75) is 45.6 Å². The Kier molecular flexibility index (Phi) is 6.00. The molecule has 0 saturated carbocycles. The van der Waals surface area contributed by atoms with E-state index in [1.54, 1.807) is 16.9 Å². The minimum atomic E-state index is -4.52. The van der Waals surface area contributed by atoms with Crippen LogP contribution in [0.2, 0.25) is 0 Å². The number of aliphatic hydroxyl groups excluding tert-OH is 1. The first-order chi connectivity index (χ1) is 18.7. The van der Waals surface area contributed by atoms with Crippen LogP contribution in [0.5, 0.6) is 0 Å². The van der Waals surface area contributed by atoms with E-state index >= 15 is 4.39 Å². The van der Waals surface area contributed by atoms with E-state index in [0.29, 0.717) is 39.8 Å². The zero-order valence-electron chi connectivity index (χ0n) is 21.1. The molecule has 4 heterocycles. The summed E-state index contributed by atoms with van der Waals surface area (Å²) in [5.74, 6) is -0.266. The zero-order chi connectivity index (χ0) is 27.5. The maximum absolute atomic E-state index is 15.9. The van der Waals surface area contributed by atoms with E-state index in [-0.39, 0.29) is 19.0 Å². The number of fused-ring (bicyclic) bond motifs is 2. The second-order valence-corrected chi connectivity index (χ2v) is 9.71. The van der Waals surface area contributed by atoms with Crippen molar-refractivity contribution in [1.82, 2.24) is 30.0 Å². The number of benzene rings is 2. The van der Waals surface area contributed by atoms with Crippen LogP contribution in [0, 0.1) is 19.7 Å². The molecule has 2 aromatic carbocycles. The minimum absolute atomic E-state index is 0.225. The third kappa shape index (κ3) is 4.18. The van der Waals surface area contributed by atoms with E-state index in [2.05, 4.69) is 20.3 Å². The summed E-state index contributed by atoms with van der Waals surface area (Å²) in [5.41, 5.74) is 5.26. The van der Waals surface area contributed by atoms with Crippen molar-refractivity contribution >= 4 is 10.9 Å². The number of hydrogen-bond acceptors (Lipinski definition) is 5. The Hall–Kier alpha value is -4.09. The van der Waals surface area contributed by atoms with Gasteiger partial charge in [-0.05, 0) is 37.1 Å². The van der Waals surface area contributed by atoms with Gasteiger partial charge >= 0.3 is 6.18 Å². The van der Waals surface area contributed by atoms with E-state index in [0.717, 1.165) is 34.8 Å². The number of aromatic amines is 1. The molecule has 0 spiro atoms. The number of nitrogens with zero attached hydrogens (tertiary/aromatic N) is 4. The predicted molar refractivity (Wildman–Crippen MR) is 137 cm³/mol. The Labute approximate surface area is 220 Å². The van der Waals surface area contributed by atoms with Gasteiger partial charge in [-0.25, -0.2) is 19.0 Å². The molecule has 3 aromatic heterocycles. The fourth-order valence-electron chi connectivity index (χ4n) is 5.38. The molecule has 1 unspecified atom stereocenters. The summed E-state index contributed by atoms with van der Waals surface area (Å²) in [4.78, 5) is 11.0. The lowest BCUT2D eigenvalue weighted by Gasteiger charge is -2.23. The van der Waals surface area contributed by atoms with Gasteiger partial charge in [0.25, 0.3) is 0 Å². The SMILES string of the molecule is Cc1cccc(C)c1-n1nc2c(c1-c1c(F)cc(CO)c3[nH]ccc13)CNC(c1ncc(C(F)(F)F)cn1)C2. The largest absolute Gasteiger partial charge is 0.419 e. The molecule has 0 bridgehead atoms. The predicted octanol–water partition coefficient (Wildman–Crippen LogP) is 5.46. The molecule has 0 saturated heterocycles. The number of H-pyrrole nitrogens is 1. The average molecular weight is 537 g/mol. The Morgan fingerprint density at radius 2 is 1.82 bits per heavy atom. The van der Waals surface area contributed by atoms with Crippen LogP contribution in [-0.4, -0.2) is 29.8 Å². The molecule has 0 radical (unpaired) electrons. The number of alkyl halides is 3. The van der Waals surface area contributed by atoms with E-state index in [1.165, 1.54) is 6.07 Å². The Bertz CT molecular complexity index is 1680. The van der Waals surface area contributed by atoms with E-state index in [4.69, 9.17) is 5.10 Å². The van der Waals surface area contributed by atoms with Crippen LogP contribution < -0.4 is 5.32 Å². The highest BCUT2D eigenvalue weighted by Crippen LogP contribution is 2.40. The monoisotopic (exact) mass is 536 g/mol. The Morgan fingerprint density at radius 3 is 2.49 bits per heavy atom. The number of aromatic nitrogens is 5. The first kappa shape index (κ1) is 25.2. The van der Waals surface area contributed by atoms with Gasteiger partial charge in [-0.15, -0.1) is 0 Å². The Balaban J connectivity index is 1.53. The first-order valence-electron chi connectivity index (χ1n) is 12.4. The summed E-state index contributed by atoms with van der Waals surface area (Å²) < 4.78 is 56.6. The van der Waals surface area contributed by atoms with Crippen molar-refractivity contribution in [3.05, 3.63) is 94.1 Å². The smallest absolute Gasteiger partial charge is 0.392 e. The van der Waals surface area contributed by atoms with Gasteiger partial charge in [0.05, 0.1) is 40.8 Å². The van der Waals surface area contributed by atoms with Crippen LogP contribution in [0.15, 0.2) is 48.9 Å². The zero-order valence-corrected chi connectivity index (χ0v) is 21.1. The molecule has 200 valence electrons. The molecule has 1 aliphatic rings. The summed E-state index contributed by atoms with van der Waals surface area (Å²) in [6.45, 7) is 3.87. The highest BCUT2D eigenvalue weighted by Gasteiger charge is 2.34. The van der Waals surface area contributed by atoms with Gasteiger partial charge in [0.2, 0.25) is 0 Å². The molecular weight excluding hydrogens is 512 g/mol. The van der Waals surface area contributed by atoms with Crippen molar-refractivity contribution in [1.29, 1.82) is 0 Å². The van der Waals surface area contributed by atoms with Gasteiger partial charge in [0, 0.05) is 53.6 Å². The number of aryl methyl sites for hydroxylation is 2. The molecule has 5 aromatic rings. The first-order valence-corrected chi connectivity index (χ1v) is 12.4. The lowest BCUT2D eigenvalue weighted by Crippen LogP contribution is -2.30. The van der Waals surface area contributed by atoms with Gasteiger partial charge in [-0.2, -0.15) is 18.3 Å². The van der Waals surface area contributed by atoms with Gasteiger partial charge in [0.1, 0.15) is 11.6 Å². The van der Waals surface area contributed by atoms with E-state index in [1.807, 2.05) is 32.0 Å². The number of halogens is 4. The number of para-hydroxylation sites is 1. The highest BCUT2D eigenvalue weighted by atomic mass is 19.4. The number of nitrogens with one attached hydrogen (secondary N) is 2. The fourth-order valence-corrected chi connectivity index (χ4v) is 5.38. The molecule has 39 heavy (non-hydrogen) atoms. The van der Waals surface area contributed by atoms with Gasteiger partial charge in [-0.1, -0.05) is 18.2 Å². The van der Waals surface area contributed by atoms with Crippen LogP contribution in [0.4, 0.5) is 17.6 Å². The summed E-state index contributed by atoms with van der Waals surface area (Å²) in [7, 11) is 0. The maximum Gasteiger partial charge on any atom is 0.419 e. The normalized spacial score (nSPS) is 15.6. The van der Waals surface area contributed by atoms with Crippen molar-refractivity contribution in [2.75, 3.05) is 0 Å². The third-order valence-corrected chi connectivity index (χ3v) is 7.24. The van der Waals surface area contributed by atoms with Crippen molar-refractivity contribution in [3.8, 4) is 16.9 Å². The fraction of sp³-hybridized carbons (Fsp3) is 0.250. The highest BCUT2D eigenvalue weighted by molar-refractivity contribution is 5.97. The molecule has 6 rings (SSSR count). The Morgan fingerprint density at radius 1 is 1.10 bits per heavy atom. The lowest BCUT2D eigenvalue weighted by molar-refractivity contribution is -0.138. The number of hydrogen-bond donors (Lipinski definition) is 3. The number of rotatable bonds is 4.